The van der Waals surface area contributed by atoms with Crippen LogP contribution < -0.4 is 16.0 Å². The predicted molar refractivity (Wildman–Crippen MR) is 108 cm³/mol. The molecule has 6 heteroatoms. The first-order valence-corrected chi connectivity index (χ1v) is 8.99. The van der Waals surface area contributed by atoms with Crippen LogP contribution in [-0.4, -0.2) is 37.5 Å². The molecule has 0 aromatic heterocycles. The maximum Gasteiger partial charge on any atom is 0.223 e. The zero-order chi connectivity index (χ0) is 16.2. The highest BCUT2D eigenvalue weighted by atomic mass is 127. The quantitative estimate of drug-likeness (QED) is 0.201. The molecule has 136 valence electrons. The van der Waals surface area contributed by atoms with Crippen molar-refractivity contribution in [3.63, 3.8) is 0 Å². The number of hydrogen-bond acceptors (Lipinski definition) is 2. The van der Waals surface area contributed by atoms with Gasteiger partial charge in [0, 0.05) is 25.0 Å². The third kappa shape index (κ3) is 11.6. The maximum absolute atomic E-state index is 11.5. The van der Waals surface area contributed by atoms with Crippen molar-refractivity contribution in [2.75, 3.05) is 19.6 Å². The number of guanidine groups is 1. The fourth-order valence-electron chi connectivity index (χ4n) is 2.34. The van der Waals surface area contributed by atoms with Crippen LogP contribution in [0.4, 0.5) is 0 Å². The van der Waals surface area contributed by atoms with Crippen molar-refractivity contribution in [2.24, 2.45) is 10.9 Å². The molecule has 1 aliphatic rings. The number of unbranched alkanes of at least 4 members (excludes halogenated alkanes) is 3. The molecule has 0 heterocycles. The van der Waals surface area contributed by atoms with Gasteiger partial charge in [0.25, 0.3) is 0 Å². The fraction of sp³-hybridized carbons (Fsp3) is 0.882. The number of hydrogen-bond donors (Lipinski definition) is 3. The molecule has 23 heavy (non-hydrogen) atoms. The first-order valence-electron chi connectivity index (χ1n) is 8.99. The van der Waals surface area contributed by atoms with Crippen LogP contribution in [0, 0.1) is 5.92 Å². The first kappa shape index (κ1) is 22.5. The summed E-state index contributed by atoms with van der Waals surface area (Å²) >= 11 is 0. The van der Waals surface area contributed by atoms with E-state index >= 15 is 0 Å². The molecule has 1 saturated carbocycles. The second kappa shape index (κ2) is 13.9. The van der Waals surface area contributed by atoms with Gasteiger partial charge in [-0.05, 0) is 33.1 Å². The summed E-state index contributed by atoms with van der Waals surface area (Å²) in [5, 5.41) is 9.65. The number of halogens is 1. The lowest BCUT2D eigenvalue weighted by molar-refractivity contribution is -0.122. The highest BCUT2D eigenvalue weighted by molar-refractivity contribution is 14.0. The Balaban J connectivity index is 0.00000484. The summed E-state index contributed by atoms with van der Waals surface area (Å²) in [6.07, 6.45) is 8.44. The Labute approximate surface area is 158 Å². The third-order valence-electron chi connectivity index (χ3n) is 3.85. The summed E-state index contributed by atoms with van der Waals surface area (Å²) in [5.41, 5.74) is 0. The molecule has 0 aliphatic heterocycles. The zero-order valence-electron chi connectivity index (χ0n) is 15.0. The number of aliphatic imine (C=N–C) groups is 1. The monoisotopic (exact) mass is 438 g/mol. The number of carbonyl (C=O) groups excluding carboxylic acids is 1. The molecule has 0 bridgehead atoms. The van der Waals surface area contributed by atoms with E-state index in [9.17, 15) is 4.79 Å². The van der Waals surface area contributed by atoms with E-state index in [4.69, 9.17) is 0 Å². The molecule has 5 nitrogen and oxygen atoms in total. The van der Waals surface area contributed by atoms with Crippen molar-refractivity contribution in [1.29, 1.82) is 0 Å². The summed E-state index contributed by atoms with van der Waals surface area (Å²) in [7, 11) is 0. The van der Waals surface area contributed by atoms with E-state index < -0.39 is 0 Å². The first-order chi connectivity index (χ1) is 10.7. The van der Waals surface area contributed by atoms with Gasteiger partial charge < -0.3 is 16.0 Å². The van der Waals surface area contributed by atoms with Gasteiger partial charge in [-0.3, -0.25) is 9.79 Å². The Bertz CT molecular complexity index is 345. The highest BCUT2D eigenvalue weighted by Gasteiger charge is 2.28. The fourth-order valence-corrected chi connectivity index (χ4v) is 2.34. The molecule has 1 amide bonds. The lowest BCUT2D eigenvalue weighted by Gasteiger charge is -2.17. The smallest absolute Gasteiger partial charge is 0.223 e. The van der Waals surface area contributed by atoms with Gasteiger partial charge in [-0.15, -0.1) is 24.0 Å². The number of nitrogens with one attached hydrogen (secondary N) is 3. The average molecular weight is 438 g/mol. The topological polar surface area (TPSA) is 65.5 Å². The normalized spacial score (nSPS) is 15.5. The van der Waals surface area contributed by atoms with Gasteiger partial charge in [0.1, 0.15) is 0 Å². The molecule has 1 aliphatic carbocycles. The van der Waals surface area contributed by atoms with Gasteiger partial charge in [-0.25, -0.2) is 0 Å². The van der Waals surface area contributed by atoms with Crippen molar-refractivity contribution < 1.29 is 4.79 Å². The van der Waals surface area contributed by atoms with E-state index in [1.165, 1.54) is 32.1 Å². The maximum atomic E-state index is 11.5. The minimum absolute atomic E-state index is 0. The van der Waals surface area contributed by atoms with Gasteiger partial charge in [0.15, 0.2) is 5.96 Å². The van der Waals surface area contributed by atoms with E-state index in [0.717, 1.165) is 25.3 Å². The Morgan fingerprint density at radius 2 is 1.91 bits per heavy atom. The van der Waals surface area contributed by atoms with Crippen LogP contribution in [-0.2, 0) is 4.79 Å². The Kier molecular flexibility index (Phi) is 13.5. The molecule has 0 aromatic rings. The number of nitrogens with zero attached hydrogens (tertiary/aromatic N) is 1. The minimum Gasteiger partial charge on any atom is -0.357 e. The van der Waals surface area contributed by atoms with Crippen LogP contribution in [0.2, 0.25) is 0 Å². The molecule has 0 saturated heterocycles. The van der Waals surface area contributed by atoms with Crippen LogP contribution in [0.1, 0.15) is 65.7 Å². The molecule has 1 rings (SSSR count). The standard InChI is InChI=1S/C17H34N4O.HI/c1-4-6-7-8-9-14(3)21-17(18-5-2)20-13-12-19-16(22)15-10-11-15;/h14-15H,4-13H2,1-3H3,(H,19,22)(H2,18,20,21);1H. The molecular formula is C17H35IN4O. The van der Waals surface area contributed by atoms with Gasteiger partial charge in [-0.1, -0.05) is 32.6 Å². The summed E-state index contributed by atoms with van der Waals surface area (Å²) < 4.78 is 0. The Morgan fingerprint density at radius 3 is 2.52 bits per heavy atom. The average Bonchev–Trinajstić information content (AvgIpc) is 3.32. The van der Waals surface area contributed by atoms with E-state index in [1.807, 2.05) is 0 Å². The van der Waals surface area contributed by atoms with Crippen molar-refractivity contribution in [1.82, 2.24) is 16.0 Å². The van der Waals surface area contributed by atoms with Gasteiger partial charge >= 0.3 is 0 Å². The van der Waals surface area contributed by atoms with E-state index in [0.29, 0.717) is 19.1 Å². The number of rotatable bonds is 11. The summed E-state index contributed by atoms with van der Waals surface area (Å²) in [5.74, 6) is 1.32. The largest absolute Gasteiger partial charge is 0.357 e. The SMILES string of the molecule is CCCCCCC(C)NC(=NCCNC(=O)C1CC1)NCC.I. The summed E-state index contributed by atoms with van der Waals surface area (Å²) in [6.45, 7) is 8.60. The summed E-state index contributed by atoms with van der Waals surface area (Å²) in [4.78, 5) is 16.1. The van der Waals surface area contributed by atoms with Gasteiger partial charge in [0.05, 0.1) is 6.54 Å². The second-order valence-corrected chi connectivity index (χ2v) is 6.22. The van der Waals surface area contributed by atoms with Gasteiger partial charge in [-0.2, -0.15) is 0 Å². The molecule has 1 fully saturated rings. The molecule has 1 atom stereocenters. The van der Waals surface area contributed by atoms with Crippen LogP contribution in [0.3, 0.4) is 0 Å². The molecule has 0 aromatic carbocycles. The van der Waals surface area contributed by atoms with E-state index in [-0.39, 0.29) is 35.8 Å². The second-order valence-electron chi connectivity index (χ2n) is 6.22. The molecule has 1 unspecified atom stereocenters. The van der Waals surface area contributed by atoms with Crippen molar-refractivity contribution in [3.05, 3.63) is 0 Å². The Hall–Kier alpha value is -0.530. The zero-order valence-corrected chi connectivity index (χ0v) is 17.3. The van der Waals surface area contributed by atoms with E-state index in [1.54, 1.807) is 0 Å². The van der Waals surface area contributed by atoms with Crippen LogP contribution >= 0.6 is 24.0 Å². The highest BCUT2D eigenvalue weighted by Crippen LogP contribution is 2.28. The number of amides is 1. The van der Waals surface area contributed by atoms with Crippen LogP contribution in [0.25, 0.3) is 0 Å². The Morgan fingerprint density at radius 1 is 1.17 bits per heavy atom. The van der Waals surface area contributed by atoms with Crippen LogP contribution in [0.15, 0.2) is 4.99 Å². The van der Waals surface area contributed by atoms with Crippen molar-refractivity contribution in [3.8, 4) is 0 Å². The summed E-state index contributed by atoms with van der Waals surface area (Å²) in [6, 6.07) is 0.427. The number of carbonyl (C=O) groups is 1. The van der Waals surface area contributed by atoms with Crippen molar-refractivity contribution in [2.45, 2.75) is 71.8 Å². The lowest BCUT2D eigenvalue weighted by atomic mass is 10.1. The molecule has 0 spiro atoms. The predicted octanol–water partition coefficient (Wildman–Crippen LogP) is 3.04. The third-order valence-corrected chi connectivity index (χ3v) is 3.85. The van der Waals surface area contributed by atoms with Crippen molar-refractivity contribution >= 4 is 35.8 Å². The molecular weight excluding hydrogens is 403 g/mol. The lowest BCUT2D eigenvalue weighted by Crippen LogP contribution is -2.42. The molecule has 3 N–H and O–H groups in total. The van der Waals surface area contributed by atoms with Crippen LogP contribution in [0.5, 0.6) is 0 Å². The minimum atomic E-state index is 0. The van der Waals surface area contributed by atoms with Gasteiger partial charge in [0.2, 0.25) is 5.91 Å². The molecule has 0 radical (unpaired) electrons. The van der Waals surface area contributed by atoms with E-state index in [2.05, 4.69) is 41.7 Å².